The van der Waals surface area contributed by atoms with Gasteiger partial charge < -0.3 is 10.1 Å². The minimum absolute atomic E-state index is 0.278. The highest BCUT2D eigenvalue weighted by Crippen LogP contribution is 2.26. The number of carbonyl (C=O) groups excluding carboxylic acids is 1. The first kappa shape index (κ1) is 15.0. The Labute approximate surface area is 121 Å². The van der Waals surface area contributed by atoms with E-state index in [1.165, 1.54) is 44.8 Å². The van der Waals surface area contributed by atoms with Gasteiger partial charge in [0.15, 0.2) is 0 Å². The van der Waals surface area contributed by atoms with Gasteiger partial charge in [-0.2, -0.15) is 0 Å². The second kappa shape index (κ2) is 7.44. The molecule has 0 heterocycles. The van der Waals surface area contributed by atoms with Crippen molar-refractivity contribution in [1.82, 2.24) is 5.32 Å². The SMILES string of the molecule is COC(=O)c1ccc(CN[C@H](C)C2CCCCC2)cc1. The fraction of sp³-hybridized carbons (Fsp3) is 0.588. The van der Waals surface area contributed by atoms with Crippen LogP contribution in [0.2, 0.25) is 0 Å². The van der Waals surface area contributed by atoms with Gasteiger partial charge in [0.1, 0.15) is 0 Å². The Balaban J connectivity index is 1.82. The van der Waals surface area contributed by atoms with Crippen molar-refractivity contribution in [2.45, 2.75) is 51.6 Å². The van der Waals surface area contributed by atoms with Crippen LogP contribution >= 0.6 is 0 Å². The van der Waals surface area contributed by atoms with Crippen molar-refractivity contribution >= 4 is 5.97 Å². The average Bonchev–Trinajstić information content (AvgIpc) is 2.53. The molecule has 110 valence electrons. The van der Waals surface area contributed by atoms with E-state index in [4.69, 9.17) is 4.74 Å². The van der Waals surface area contributed by atoms with Gasteiger partial charge in [-0.3, -0.25) is 0 Å². The Morgan fingerprint density at radius 3 is 2.50 bits per heavy atom. The third kappa shape index (κ3) is 4.07. The summed E-state index contributed by atoms with van der Waals surface area (Å²) in [5.74, 6) is 0.540. The van der Waals surface area contributed by atoms with E-state index in [0.29, 0.717) is 11.6 Å². The first-order valence-electron chi connectivity index (χ1n) is 7.61. The molecule has 0 spiro atoms. The predicted octanol–water partition coefficient (Wildman–Crippen LogP) is 3.53. The van der Waals surface area contributed by atoms with Gasteiger partial charge in [0.25, 0.3) is 0 Å². The maximum atomic E-state index is 11.4. The molecule has 2 rings (SSSR count). The van der Waals surface area contributed by atoms with Crippen LogP contribution in [-0.2, 0) is 11.3 Å². The molecule has 1 aliphatic rings. The second-order valence-corrected chi connectivity index (χ2v) is 5.76. The topological polar surface area (TPSA) is 38.3 Å². The van der Waals surface area contributed by atoms with Crippen molar-refractivity contribution in [2.24, 2.45) is 5.92 Å². The Kier molecular flexibility index (Phi) is 5.60. The van der Waals surface area contributed by atoms with E-state index in [2.05, 4.69) is 12.2 Å². The highest BCUT2D eigenvalue weighted by molar-refractivity contribution is 5.89. The third-order valence-corrected chi connectivity index (χ3v) is 4.36. The monoisotopic (exact) mass is 275 g/mol. The van der Waals surface area contributed by atoms with Crippen molar-refractivity contribution in [3.8, 4) is 0 Å². The van der Waals surface area contributed by atoms with Gasteiger partial charge >= 0.3 is 5.97 Å². The fourth-order valence-corrected chi connectivity index (χ4v) is 2.96. The van der Waals surface area contributed by atoms with Crippen molar-refractivity contribution < 1.29 is 9.53 Å². The van der Waals surface area contributed by atoms with E-state index >= 15 is 0 Å². The van der Waals surface area contributed by atoms with E-state index in [1.807, 2.05) is 24.3 Å². The van der Waals surface area contributed by atoms with Gasteiger partial charge in [-0.05, 0) is 43.4 Å². The molecule has 0 bridgehead atoms. The third-order valence-electron chi connectivity index (χ3n) is 4.36. The average molecular weight is 275 g/mol. The van der Waals surface area contributed by atoms with Crippen molar-refractivity contribution in [2.75, 3.05) is 7.11 Å². The number of hydrogen-bond donors (Lipinski definition) is 1. The summed E-state index contributed by atoms with van der Waals surface area (Å²) in [7, 11) is 1.41. The molecule has 0 aliphatic heterocycles. The number of esters is 1. The predicted molar refractivity (Wildman–Crippen MR) is 80.7 cm³/mol. The van der Waals surface area contributed by atoms with Crippen LogP contribution in [0, 0.1) is 5.92 Å². The van der Waals surface area contributed by atoms with Crippen molar-refractivity contribution in [3.05, 3.63) is 35.4 Å². The molecular weight excluding hydrogens is 250 g/mol. The van der Waals surface area contributed by atoms with Crippen LogP contribution in [-0.4, -0.2) is 19.1 Å². The largest absolute Gasteiger partial charge is 0.465 e. The summed E-state index contributed by atoms with van der Waals surface area (Å²) < 4.78 is 4.70. The summed E-state index contributed by atoms with van der Waals surface area (Å²) >= 11 is 0. The minimum Gasteiger partial charge on any atom is -0.465 e. The molecule has 1 aliphatic carbocycles. The summed E-state index contributed by atoms with van der Waals surface area (Å²) in [6, 6.07) is 8.21. The number of ether oxygens (including phenoxy) is 1. The van der Waals surface area contributed by atoms with Gasteiger partial charge in [-0.15, -0.1) is 0 Å². The minimum atomic E-state index is -0.278. The Morgan fingerprint density at radius 2 is 1.90 bits per heavy atom. The van der Waals surface area contributed by atoms with E-state index in [9.17, 15) is 4.79 Å². The molecule has 1 fully saturated rings. The van der Waals surface area contributed by atoms with E-state index in [1.54, 1.807) is 0 Å². The Bertz CT molecular complexity index is 421. The molecule has 0 radical (unpaired) electrons. The zero-order valence-corrected chi connectivity index (χ0v) is 12.5. The second-order valence-electron chi connectivity index (χ2n) is 5.76. The van der Waals surface area contributed by atoms with E-state index in [-0.39, 0.29) is 5.97 Å². The molecule has 3 heteroatoms. The first-order chi connectivity index (χ1) is 9.70. The van der Waals surface area contributed by atoms with Gasteiger partial charge in [0.2, 0.25) is 0 Å². The van der Waals surface area contributed by atoms with Crippen LogP contribution in [0.4, 0.5) is 0 Å². The van der Waals surface area contributed by atoms with Crippen LogP contribution in [0.15, 0.2) is 24.3 Å². The molecule has 3 nitrogen and oxygen atoms in total. The zero-order valence-electron chi connectivity index (χ0n) is 12.5. The van der Waals surface area contributed by atoms with E-state index < -0.39 is 0 Å². The standard InChI is InChI=1S/C17H25NO2/c1-13(15-6-4-3-5-7-15)18-12-14-8-10-16(11-9-14)17(19)20-2/h8-11,13,15,18H,3-7,12H2,1-2H3/t13-/m1/s1. The lowest BCUT2D eigenvalue weighted by molar-refractivity contribution is 0.0600. The van der Waals surface area contributed by atoms with Crippen LogP contribution in [0.3, 0.4) is 0 Å². The molecule has 0 amide bonds. The van der Waals surface area contributed by atoms with Crippen LogP contribution in [0.1, 0.15) is 54.9 Å². The van der Waals surface area contributed by atoms with Gasteiger partial charge in [-0.25, -0.2) is 4.79 Å². The normalized spacial score (nSPS) is 17.7. The van der Waals surface area contributed by atoms with Gasteiger partial charge in [0.05, 0.1) is 12.7 Å². The highest BCUT2D eigenvalue weighted by atomic mass is 16.5. The van der Waals surface area contributed by atoms with Crippen LogP contribution in [0.5, 0.6) is 0 Å². The quantitative estimate of drug-likeness (QED) is 0.835. The number of benzene rings is 1. The highest BCUT2D eigenvalue weighted by Gasteiger charge is 2.19. The Hall–Kier alpha value is -1.35. The van der Waals surface area contributed by atoms with Gasteiger partial charge in [-0.1, -0.05) is 31.4 Å². The summed E-state index contributed by atoms with van der Waals surface area (Å²) in [5, 5.41) is 3.62. The fourth-order valence-electron chi connectivity index (χ4n) is 2.96. The lowest BCUT2D eigenvalue weighted by Crippen LogP contribution is -2.34. The number of nitrogens with one attached hydrogen (secondary N) is 1. The summed E-state index contributed by atoms with van der Waals surface area (Å²) in [6.45, 7) is 3.15. The maximum Gasteiger partial charge on any atom is 0.337 e. The number of rotatable bonds is 5. The smallest absolute Gasteiger partial charge is 0.337 e. The van der Waals surface area contributed by atoms with Crippen molar-refractivity contribution in [1.29, 1.82) is 0 Å². The Morgan fingerprint density at radius 1 is 1.25 bits per heavy atom. The van der Waals surface area contributed by atoms with Gasteiger partial charge in [0, 0.05) is 12.6 Å². The molecule has 0 aromatic heterocycles. The lowest BCUT2D eigenvalue weighted by atomic mass is 9.84. The summed E-state index contributed by atoms with van der Waals surface area (Å²) in [4.78, 5) is 11.4. The maximum absolute atomic E-state index is 11.4. The van der Waals surface area contributed by atoms with E-state index in [0.717, 1.165) is 12.5 Å². The number of methoxy groups -OCH3 is 1. The van der Waals surface area contributed by atoms with Crippen LogP contribution in [0.25, 0.3) is 0 Å². The molecule has 1 aromatic rings. The molecule has 1 N–H and O–H groups in total. The van der Waals surface area contributed by atoms with Crippen LogP contribution < -0.4 is 5.32 Å². The molecule has 1 aromatic carbocycles. The summed E-state index contributed by atoms with van der Waals surface area (Å²) in [5.41, 5.74) is 1.82. The number of hydrogen-bond acceptors (Lipinski definition) is 3. The molecule has 0 saturated heterocycles. The molecule has 0 unspecified atom stereocenters. The first-order valence-corrected chi connectivity index (χ1v) is 7.61. The zero-order chi connectivity index (χ0) is 14.4. The molecule has 20 heavy (non-hydrogen) atoms. The van der Waals surface area contributed by atoms with Crippen molar-refractivity contribution in [3.63, 3.8) is 0 Å². The molecule has 1 atom stereocenters. The molecular formula is C17H25NO2. The summed E-state index contributed by atoms with van der Waals surface area (Å²) in [6.07, 6.45) is 6.87. The molecule has 1 saturated carbocycles. The lowest BCUT2D eigenvalue weighted by Gasteiger charge is -2.28. The number of carbonyl (C=O) groups is 1.